The number of hydrogen-bond donors (Lipinski definition) is 2. The van der Waals surface area contributed by atoms with Crippen LogP contribution in [0.2, 0.25) is 0 Å². The molecule has 1 aliphatic heterocycles. The summed E-state index contributed by atoms with van der Waals surface area (Å²) in [5.41, 5.74) is 4.69. The van der Waals surface area contributed by atoms with E-state index in [-0.39, 0.29) is 42.7 Å². The SMILES string of the molecule is O=C(O)CC1CCCN(C(=O)C2C=CC(NC(=O)OCC3c4ccccc4-c4ccccc43)C2)C1. The van der Waals surface area contributed by atoms with E-state index in [4.69, 9.17) is 9.84 Å². The van der Waals surface area contributed by atoms with Crippen LogP contribution in [-0.2, 0) is 14.3 Å². The van der Waals surface area contributed by atoms with Crippen LogP contribution in [0.1, 0.15) is 42.7 Å². The molecule has 3 unspecified atom stereocenters. The first kappa shape index (κ1) is 23.1. The number of benzene rings is 2. The number of likely N-dealkylation sites (tertiary alicyclic amines) is 1. The first-order valence-corrected chi connectivity index (χ1v) is 12.3. The summed E-state index contributed by atoms with van der Waals surface area (Å²) >= 11 is 0. The molecule has 1 fully saturated rings. The zero-order valence-electron chi connectivity index (χ0n) is 19.6. The molecule has 182 valence electrons. The Morgan fingerprint density at radius 2 is 1.69 bits per heavy atom. The average molecular weight is 475 g/mol. The van der Waals surface area contributed by atoms with E-state index in [1.807, 2.05) is 36.4 Å². The van der Waals surface area contributed by atoms with Crippen molar-refractivity contribution in [3.8, 4) is 11.1 Å². The second-order valence-electron chi connectivity index (χ2n) is 9.69. The molecule has 1 heterocycles. The van der Waals surface area contributed by atoms with Crippen molar-refractivity contribution in [2.75, 3.05) is 19.7 Å². The van der Waals surface area contributed by atoms with Crippen molar-refractivity contribution >= 4 is 18.0 Å². The molecule has 0 bridgehead atoms. The minimum Gasteiger partial charge on any atom is -0.481 e. The lowest BCUT2D eigenvalue weighted by Crippen LogP contribution is -2.43. The van der Waals surface area contributed by atoms with Crippen LogP contribution in [-0.4, -0.2) is 53.7 Å². The first-order valence-electron chi connectivity index (χ1n) is 12.3. The quantitative estimate of drug-likeness (QED) is 0.613. The molecule has 2 aliphatic carbocycles. The van der Waals surface area contributed by atoms with E-state index in [1.54, 1.807) is 4.90 Å². The normalized spacial score (nSPS) is 23.0. The highest BCUT2D eigenvalue weighted by atomic mass is 16.5. The number of nitrogens with zero attached hydrogens (tertiary/aromatic N) is 1. The van der Waals surface area contributed by atoms with E-state index >= 15 is 0 Å². The average Bonchev–Trinajstić information content (AvgIpc) is 3.45. The lowest BCUT2D eigenvalue weighted by Gasteiger charge is -2.33. The fraction of sp³-hybridized carbons (Fsp3) is 0.393. The summed E-state index contributed by atoms with van der Waals surface area (Å²) < 4.78 is 5.63. The third kappa shape index (κ3) is 4.94. The standard InChI is InChI=1S/C28H30N2O5/c31-26(32)14-18-6-5-13-30(16-18)27(33)19-11-12-20(15-19)29-28(34)35-17-25-23-9-3-1-7-21(23)22-8-2-4-10-24(22)25/h1-4,7-12,18-20,25H,5-6,13-17H2,(H,29,34)(H,31,32). The van der Waals surface area contributed by atoms with Crippen LogP contribution in [0, 0.1) is 11.8 Å². The Kier molecular flexibility index (Phi) is 6.57. The number of piperidine rings is 1. The first-order chi connectivity index (χ1) is 17.0. The van der Waals surface area contributed by atoms with Crippen molar-refractivity contribution in [3.05, 3.63) is 71.8 Å². The molecule has 0 saturated carbocycles. The van der Waals surface area contributed by atoms with Crippen LogP contribution in [0.3, 0.4) is 0 Å². The molecule has 35 heavy (non-hydrogen) atoms. The van der Waals surface area contributed by atoms with E-state index < -0.39 is 12.1 Å². The number of fused-ring (bicyclic) bond motifs is 3. The molecule has 0 radical (unpaired) electrons. The second-order valence-corrected chi connectivity index (χ2v) is 9.69. The van der Waals surface area contributed by atoms with Crippen molar-refractivity contribution < 1.29 is 24.2 Å². The number of ether oxygens (including phenoxy) is 1. The summed E-state index contributed by atoms with van der Waals surface area (Å²) in [5.74, 6) is -1.12. The number of amides is 2. The van der Waals surface area contributed by atoms with Gasteiger partial charge in [0, 0.05) is 25.4 Å². The number of alkyl carbamates (subject to hydrolysis) is 1. The number of carboxylic acid groups (broad SMARTS) is 1. The number of aliphatic carboxylic acids is 1. The van der Waals surface area contributed by atoms with Crippen molar-refractivity contribution in [1.82, 2.24) is 10.2 Å². The molecule has 7 nitrogen and oxygen atoms in total. The molecule has 2 aromatic rings. The predicted octanol–water partition coefficient (Wildman–Crippen LogP) is 4.18. The fourth-order valence-electron chi connectivity index (χ4n) is 5.69. The topological polar surface area (TPSA) is 95.9 Å². The number of carbonyl (C=O) groups excluding carboxylic acids is 2. The van der Waals surface area contributed by atoms with Gasteiger partial charge in [-0.25, -0.2) is 4.79 Å². The molecular weight excluding hydrogens is 444 g/mol. The van der Waals surface area contributed by atoms with E-state index in [9.17, 15) is 14.4 Å². The predicted molar refractivity (Wildman–Crippen MR) is 131 cm³/mol. The minimum absolute atomic E-state index is 0.000513. The van der Waals surface area contributed by atoms with Gasteiger partial charge in [0.1, 0.15) is 6.61 Å². The van der Waals surface area contributed by atoms with Crippen LogP contribution in [0.5, 0.6) is 0 Å². The number of carboxylic acids is 1. The van der Waals surface area contributed by atoms with E-state index in [0.29, 0.717) is 19.5 Å². The van der Waals surface area contributed by atoms with Gasteiger partial charge in [0.05, 0.1) is 12.0 Å². The fourth-order valence-corrected chi connectivity index (χ4v) is 5.69. The van der Waals surface area contributed by atoms with Crippen molar-refractivity contribution in [2.45, 2.75) is 37.6 Å². The molecule has 5 rings (SSSR count). The van der Waals surface area contributed by atoms with Crippen molar-refractivity contribution in [2.24, 2.45) is 11.8 Å². The smallest absolute Gasteiger partial charge is 0.407 e. The largest absolute Gasteiger partial charge is 0.481 e. The van der Waals surface area contributed by atoms with E-state index in [2.05, 4.69) is 29.6 Å². The summed E-state index contributed by atoms with van der Waals surface area (Å²) in [6.07, 6.45) is 5.44. The molecule has 0 spiro atoms. The van der Waals surface area contributed by atoms with Gasteiger partial charge in [-0.15, -0.1) is 0 Å². The highest BCUT2D eigenvalue weighted by Crippen LogP contribution is 2.44. The summed E-state index contributed by atoms with van der Waals surface area (Å²) in [5, 5.41) is 11.9. The van der Waals surface area contributed by atoms with Gasteiger partial charge in [0.25, 0.3) is 0 Å². The number of carbonyl (C=O) groups is 3. The summed E-state index contributed by atoms with van der Waals surface area (Å²) in [7, 11) is 0. The van der Waals surface area contributed by atoms with Gasteiger partial charge in [-0.3, -0.25) is 9.59 Å². The van der Waals surface area contributed by atoms with Crippen LogP contribution in [0.4, 0.5) is 4.79 Å². The monoisotopic (exact) mass is 474 g/mol. The summed E-state index contributed by atoms with van der Waals surface area (Å²) in [6, 6.07) is 16.1. The van der Waals surface area contributed by atoms with E-state index in [1.165, 1.54) is 11.1 Å². The minimum atomic E-state index is -0.822. The number of nitrogens with one attached hydrogen (secondary N) is 1. The Morgan fingerprint density at radius 3 is 2.37 bits per heavy atom. The maximum atomic E-state index is 13.0. The Hall–Kier alpha value is -3.61. The second kappa shape index (κ2) is 9.94. The zero-order valence-corrected chi connectivity index (χ0v) is 19.6. The van der Waals surface area contributed by atoms with Gasteiger partial charge in [-0.1, -0.05) is 60.7 Å². The van der Waals surface area contributed by atoms with Crippen LogP contribution in [0.25, 0.3) is 11.1 Å². The Labute approximate surface area is 204 Å². The number of rotatable bonds is 6. The molecule has 7 heteroatoms. The molecule has 2 N–H and O–H groups in total. The van der Waals surface area contributed by atoms with Crippen molar-refractivity contribution in [1.29, 1.82) is 0 Å². The van der Waals surface area contributed by atoms with Gasteiger partial charge in [0.15, 0.2) is 0 Å². The van der Waals surface area contributed by atoms with Gasteiger partial charge in [0.2, 0.25) is 5.91 Å². The molecule has 1 saturated heterocycles. The lowest BCUT2D eigenvalue weighted by molar-refractivity contribution is -0.141. The molecule has 3 aliphatic rings. The Bertz CT molecular complexity index is 1110. The molecule has 2 aromatic carbocycles. The van der Waals surface area contributed by atoms with Gasteiger partial charge in [-0.05, 0) is 47.4 Å². The van der Waals surface area contributed by atoms with Gasteiger partial charge >= 0.3 is 12.1 Å². The van der Waals surface area contributed by atoms with Crippen LogP contribution in [0.15, 0.2) is 60.7 Å². The van der Waals surface area contributed by atoms with Gasteiger partial charge < -0.3 is 20.1 Å². The molecule has 0 aromatic heterocycles. The Morgan fingerprint density at radius 1 is 1.00 bits per heavy atom. The Balaban J connectivity index is 1.13. The number of hydrogen-bond acceptors (Lipinski definition) is 4. The molecular formula is C28H30N2O5. The van der Waals surface area contributed by atoms with Crippen molar-refractivity contribution in [3.63, 3.8) is 0 Å². The van der Waals surface area contributed by atoms with E-state index in [0.717, 1.165) is 24.0 Å². The maximum Gasteiger partial charge on any atom is 0.407 e. The van der Waals surface area contributed by atoms with Crippen LogP contribution >= 0.6 is 0 Å². The lowest BCUT2D eigenvalue weighted by atomic mass is 9.93. The van der Waals surface area contributed by atoms with Gasteiger partial charge in [-0.2, -0.15) is 0 Å². The highest BCUT2D eigenvalue weighted by Gasteiger charge is 2.33. The summed E-state index contributed by atoms with van der Waals surface area (Å²) in [4.78, 5) is 38.4. The van der Waals surface area contributed by atoms with Crippen LogP contribution < -0.4 is 5.32 Å². The molecule has 3 atom stereocenters. The third-order valence-electron chi connectivity index (χ3n) is 7.34. The maximum absolute atomic E-state index is 13.0. The zero-order chi connectivity index (χ0) is 24.4. The third-order valence-corrected chi connectivity index (χ3v) is 7.34. The highest BCUT2D eigenvalue weighted by molar-refractivity contribution is 5.82. The molecule has 2 amide bonds. The summed E-state index contributed by atoms with van der Waals surface area (Å²) in [6.45, 7) is 1.39.